The predicted molar refractivity (Wildman–Crippen MR) is 86.9 cm³/mol. The van der Waals surface area contributed by atoms with Crippen molar-refractivity contribution in [2.45, 2.75) is 56.6 Å². The Morgan fingerprint density at radius 1 is 1.35 bits per heavy atom. The zero-order valence-electron chi connectivity index (χ0n) is 12.7. The third kappa shape index (κ3) is 3.77. The molecule has 1 aliphatic rings. The van der Waals surface area contributed by atoms with Gasteiger partial charge in [0.25, 0.3) is 0 Å². The average Bonchev–Trinajstić information content (AvgIpc) is 2.80. The molecule has 1 aromatic carbocycles. The molecule has 1 aromatic rings. The quantitative estimate of drug-likeness (QED) is 0.891. The molecule has 2 atom stereocenters. The summed E-state index contributed by atoms with van der Waals surface area (Å²) in [4.78, 5) is 0. The van der Waals surface area contributed by atoms with E-state index in [1.54, 1.807) is 0 Å². The lowest BCUT2D eigenvalue weighted by atomic mass is 10.0. The van der Waals surface area contributed by atoms with Gasteiger partial charge in [0.2, 0.25) is 0 Å². The maximum absolute atomic E-state index is 9.40. The van der Waals surface area contributed by atoms with Crippen LogP contribution in [0.25, 0.3) is 0 Å². The van der Waals surface area contributed by atoms with Crippen molar-refractivity contribution in [1.82, 2.24) is 5.32 Å². The Bertz CT molecular complexity index is 486. The maximum atomic E-state index is 9.40. The average molecular weight is 288 g/mol. The number of hydrogen-bond donors (Lipinski definition) is 1. The smallest absolute Gasteiger partial charge is 0.107 e. The standard InChI is InChI=1S/C17H24N2S/c1-4-19-17(12-18)6-5-16(10-17)20-11-15-8-13(2)7-14(3)9-15/h7-9,16,19H,4-6,10-11H2,1-3H3. The number of rotatable bonds is 5. The maximum Gasteiger partial charge on any atom is 0.107 e. The van der Waals surface area contributed by atoms with E-state index >= 15 is 0 Å². The van der Waals surface area contributed by atoms with Crippen molar-refractivity contribution in [2.75, 3.05) is 6.54 Å². The highest BCUT2D eigenvalue weighted by Crippen LogP contribution is 2.38. The van der Waals surface area contributed by atoms with Crippen LogP contribution in [0.15, 0.2) is 18.2 Å². The molecule has 108 valence electrons. The third-order valence-electron chi connectivity index (χ3n) is 3.97. The Balaban J connectivity index is 1.91. The van der Waals surface area contributed by atoms with Gasteiger partial charge >= 0.3 is 0 Å². The second-order valence-electron chi connectivity index (χ2n) is 5.90. The minimum atomic E-state index is -0.269. The van der Waals surface area contributed by atoms with E-state index in [0.29, 0.717) is 5.25 Å². The summed E-state index contributed by atoms with van der Waals surface area (Å²) in [5.74, 6) is 1.06. The second kappa shape index (κ2) is 6.65. The third-order valence-corrected chi connectivity index (χ3v) is 5.34. The van der Waals surface area contributed by atoms with Crippen LogP contribution in [-0.4, -0.2) is 17.3 Å². The summed E-state index contributed by atoms with van der Waals surface area (Å²) in [6, 6.07) is 9.27. The molecule has 0 bridgehead atoms. The molecule has 1 saturated carbocycles. The molecule has 1 aliphatic carbocycles. The number of benzene rings is 1. The summed E-state index contributed by atoms with van der Waals surface area (Å²) in [5.41, 5.74) is 3.82. The van der Waals surface area contributed by atoms with E-state index < -0.39 is 0 Å². The van der Waals surface area contributed by atoms with Gasteiger partial charge in [-0.1, -0.05) is 36.2 Å². The van der Waals surface area contributed by atoms with Crippen LogP contribution in [0.1, 0.15) is 42.9 Å². The van der Waals surface area contributed by atoms with Gasteiger partial charge in [0.1, 0.15) is 5.54 Å². The van der Waals surface area contributed by atoms with Gasteiger partial charge in [-0.3, -0.25) is 5.32 Å². The summed E-state index contributed by atoms with van der Waals surface area (Å²) in [6.07, 6.45) is 3.12. The molecule has 0 amide bonds. The van der Waals surface area contributed by atoms with E-state index in [2.05, 4.69) is 50.4 Å². The van der Waals surface area contributed by atoms with Crippen LogP contribution in [0.3, 0.4) is 0 Å². The van der Waals surface area contributed by atoms with Gasteiger partial charge in [-0.15, -0.1) is 0 Å². The number of aryl methyl sites for hydroxylation is 2. The van der Waals surface area contributed by atoms with Crippen LogP contribution >= 0.6 is 11.8 Å². The molecule has 1 fully saturated rings. The van der Waals surface area contributed by atoms with E-state index in [1.807, 2.05) is 11.8 Å². The number of thioether (sulfide) groups is 1. The fourth-order valence-electron chi connectivity index (χ4n) is 3.15. The zero-order chi connectivity index (χ0) is 14.6. The molecule has 0 aliphatic heterocycles. The summed E-state index contributed by atoms with van der Waals surface area (Å²) >= 11 is 2.01. The lowest BCUT2D eigenvalue weighted by molar-refractivity contribution is 0.436. The van der Waals surface area contributed by atoms with Crippen LogP contribution in [0.5, 0.6) is 0 Å². The first-order chi connectivity index (χ1) is 9.57. The largest absolute Gasteiger partial charge is 0.300 e. The molecular weight excluding hydrogens is 264 g/mol. The Kier molecular flexibility index (Phi) is 5.12. The fourth-order valence-corrected chi connectivity index (χ4v) is 4.43. The first kappa shape index (κ1) is 15.4. The zero-order valence-corrected chi connectivity index (χ0v) is 13.5. The highest BCUT2D eigenvalue weighted by atomic mass is 32.2. The van der Waals surface area contributed by atoms with E-state index in [1.165, 1.54) is 16.7 Å². The van der Waals surface area contributed by atoms with E-state index in [4.69, 9.17) is 0 Å². The second-order valence-corrected chi connectivity index (χ2v) is 7.18. The van der Waals surface area contributed by atoms with Crippen molar-refractivity contribution in [3.05, 3.63) is 34.9 Å². The van der Waals surface area contributed by atoms with Gasteiger partial charge < -0.3 is 0 Å². The van der Waals surface area contributed by atoms with E-state index in [0.717, 1.165) is 31.6 Å². The van der Waals surface area contributed by atoms with Crippen molar-refractivity contribution >= 4 is 11.8 Å². The lowest BCUT2D eigenvalue weighted by Crippen LogP contribution is -2.41. The van der Waals surface area contributed by atoms with E-state index in [-0.39, 0.29) is 5.54 Å². The Hall–Kier alpha value is -0.980. The van der Waals surface area contributed by atoms with Crippen LogP contribution in [-0.2, 0) is 5.75 Å². The highest BCUT2D eigenvalue weighted by molar-refractivity contribution is 7.99. The summed E-state index contributed by atoms with van der Waals surface area (Å²) < 4.78 is 0. The van der Waals surface area contributed by atoms with Crippen LogP contribution in [0.4, 0.5) is 0 Å². The van der Waals surface area contributed by atoms with Crippen molar-refractivity contribution in [2.24, 2.45) is 0 Å². The molecule has 0 spiro atoms. The van der Waals surface area contributed by atoms with Crippen molar-refractivity contribution in [3.8, 4) is 6.07 Å². The molecule has 2 unspecified atom stereocenters. The summed E-state index contributed by atoms with van der Waals surface area (Å²) in [5, 5.41) is 13.4. The first-order valence-corrected chi connectivity index (χ1v) is 8.47. The highest BCUT2D eigenvalue weighted by Gasteiger charge is 2.38. The van der Waals surface area contributed by atoms with Gasteiger partial charge in [0.15, 0.2) is 0 Å². The molecule has 2 rings (SSSR count). The van der Waals surface area contributed by atoms with Crippen LogP contribution in [0, 0.1) is 25.2 Å². The molecule has 0 radical (unpaired) electrons. The lowest BCUT2D eigenvalue weighted by Gasteiger charge is -2.21. The molecule has 0 aromatic heterocycles. The number of nitrogens with one attached hydrogen (secondary N) is 1. The molecule has 0 saturated heterocycles. The SMILES string of the molecule is CCNC1(C#N)CCC(SCc2cc(C)cc(C)c2)C1. The first-order valence-electron chi connectivity index (χ1n) is 7.42. The predicted octanol–water partition coefficient (Wildman–Crippen LogP) is 3.96. The molecule has 2 nitrogen and oxygen atoms in total. The minimum absolute atomic E-state index is 0.269. The Morgan fingerprint density at radius 3 is 2.65 bits per heavy atom. The Morgan fingerprint density at radius 2 is 2.05 bits per heavy atom. The molecule has 20 heavy (non-hydrogen) atoms. The summed E-state index contributed by atoms with van der Waals surface area (Å²) in [7, 11) is 0. The monoisotopic (exact) mass is 288 g/mol. The fraction of sp³-hybridized carbons (Fsp3) is 0.588. The number of nitrogens with zero attached hydrogens (tertiary/aromatic N) is 1. The van der Waals surface area contributed by atoms with Gasteiger partial charge in [0.05, 0.1) is 6.07 Å². The van der Waals surface area contributed by atoms with Crippen molar-refractivity contribution in [3.63, 3.8) is 0 Å². The van der Waals surface area contributed by atoms with Gasteiger partial charge in [-0.05, 0) is 45.2 Å². The normalized spacial score (nSPS) is 25.6. The number of hydrogen-bond acceptors (Lipinski definition) is 3. The minimum Gasteiger partial charge on any atom is -0.300 e. The van der Waals surface area contributed by atoms with Crippen LogP contribution < -0.4 is 5.32 Å². The van der Waals surface area contributed by atoms with Crippen LogP contribution in [0.2, 0.25) is 0 Å². The van der Waals surface area contributed by atoms with Gasteiger partial charge in [0, 0.05) is 11.0 Å². The van der Waals surface area contributed by atoms with Gasteiger partial charge in [-0.2, -0.15) is 17.0 Å². The molecule has 3 heteroatoms. The topological polar surface area (TPSA) is 35.8 Å². The van der Waals surface area contributed by atoms with Gasteiger partial charge in [-0.25, -0.2) is 0 Å². The Labute approximate surface area is 127 Å². The van der Waals surface area contributed by atoms with E-state index in [9.17, 15) is 5.26 Å². The van der Waals surface area contributed by atoms with Crippen molar-refractivity contribution in [1.29, 1.82) is 5.26 Å². The van der Waals surface area contributed by atoms with Crippen molar-refractivity contribution < 1.29 is 0 Å². The molecular formula is C17H24N2S. The molecule has 0 heterocycles. The molecule has 1 N–H and O–H groups in total. The number of nitriles is 1. The summed E-state index contributed by atoms with van der Waals surface area (Å²) in [6.45, 7) is 7.27.